The first-order valence-corrected chi connectivity index (χ1v) is 18.5. The molecule has 1 aromatic heterocycles. The number of anilines is 1. The Kier molecular flexibility index (Phi) is 10.5. The predicted molar refractivity (Wildman–Crippen MR) is 190 cm³/mol. The number of aliphatic imine (C=N–C) groups is 1. The first-order chi connectivity index (χ1) is 24.0. The third-order valence-corrected chi connectivity index (χ3v) is 10.3. The minimum atomic E-state index is -1.20. The lowest BCUT2D eigenvalue weighted by atomic mass is 10.0. The number of amides is 3. The Hall–Kier alpha value is -4.39. The van der Waals surface area contributed by atoms with Crippen molar-refractivity contribution in [3.8, 4) is 0 Å². The maximum atomic E-state index is 14.4. The first kappa shape index (κ1) is 35.4. The Morgan fingerprint density at radius 2 is 1.94 bits per heavy atom. The third-order valence-electron chi connectivity index (χ3n) is 9.37. The summed E-state index contributed by atoms with van der Waals surface area (Å²) in [7, 11) is 0. The van der Waals surface area contributed by atoms with Crippen molar-refractivity contribution in [2.45, 2.75) is 108 Å². The highest BCUT2D eigenvalue weighted by atomic mass is 32.1. The number of esters is 1. The molecule has 268 valence electrons. The Morgan fingerprint density at radius 1 is 1.12 bits per heavy atom. The Labute approximate surface area is 297 Å². The van der Waals surface area contributed by atoms with Crippen LogP contribution in [0.2, 0.25) is 0 Å². The summed E-state index contributed by atoms with van der Waals surface area (Å²) in [5.74, 6) is -1.13. The smallest absolute Gasteiger partial charge is 0.408 e. The van der Waals surface area contributed by atoms with Crippen molar-refractivity contribution >= 4 is 52.5 Å². The number of allylic oxidation sites excluding steroid dienone is 1. The Morgan fingerprint density at radius 3 is 2.70 bits per heavy atom. The van der Waals surface area contributed by atoms with Crippen LogP contribution in [0.5, 0.6) is 0 Å². The Balaban J connectivity index is 1.31. The maximum absolute atomic E-state index is 14.4. The quantitative estimate of drug-likeness (QED) is 0.262. The second-order valence-corrected chi connectivity index (χ2v) is 15.3. The van der Waals surface area contributed by atoms with Gasteiger partial charge in [0.1, 0.15) is 35.4 Å². The van der Waals surface area contributed by atoms with Gasteiger partial charge in [0.05, 0.1) is 24.5 Å². The highest BCUT2D eigenvalue weighted by Gasteiger charge is 2.62. The van der Waals surface area contributed by atoms with Crippen LogP contribution >= 0.6 is 11.3 Å². The third kappa shape index (κ3) is 7.98. The number of benzene rings is 1. The van der Waals surface area contributed by atoms with E-state index in [1.54, 1.807) is 39.0 Å². The first-order valence-electron chi connectivity index (χ1n) is 17.6. The zero-order valence-corrected chi connectivity index (χ0v) is 29.9. The molecule has 12 nitrogen and oxygen atoms in total. The highest BCUT2D eigenvalue weighted by Crippen LogP contribution is 2.46. The summed E-state index contributed by atoms with van der Waals surface area (Å²) in [5, 5.41) is 11.3. The molecule has 3 aliphatic heterocycles. The van der Waals surface area contributed by atoms with E-state index in [9.17, 15) is 19.2 Å². The molecule has 1 aromatic carbocycles. The molecular formula is C37H47N5O7S. The average Bonchev–Trinajstić information content (AvgIpc) is 3.38. The molecule has 0 bridgehead atoms. The van der Waals surface area contributed by atoms with Crippen molar-refractivity contribution in [1.29, 1.82) is 0 Å². The van der Waals surface area contributed by atoms with Gasteiger partial charge in [-0.1, -0.05) is 43.2 Å². The predicted octanol–water partition coefficient (Wildman–Crippen LogP) is 5.78. The van der Waals surface area contributed by atoms with Gasteiger partial charge in [-0.3, -0.25) is 9.59 Å². The standard InChI is InChI=1S/C37H47N5O7S/c1-5-47-34(45)37-21-23(37)14-9-7-6-8-10-17-27(40-35(46)49-36(2,3)4)33(44)42-22-24(20-28(42)31(43)41-37)48-32-30(29-18-13-19-50-29)38-25-15-11-12-16-26(25)39-32/h9,11-16,18-19,23-24,27-28,30,38H,5-8,10,17,20-22H2,1-4H3,(H,40,46)(H,41,43)/t23-,24?,27+,28+,30?,37-/m1/s1. The number of para-hydroxylation sites is 2. The largest absolute Gasteiger partial charge is 0.474 e. The van der Waals surface area contributed by atoms with E-state index in [1.807, 2.05) is 53.9 Å². The number of rotatable bonds is 5. The average molecular weight is 706 g/mol. The normalized spacial score (nSPS) is 28.3. The van der Waals surface area contributed by atoms with Crippen molar-refractivity contribution in [2.75, 3.05) is 18.5 Å². The second kappa shape index (κ2) is 14.8. The molecule has 1 saturated heterocycles. The van der Waals surface area contributed by atoms with Crippen molar-refractivity contribution in [3.63, 3.8) is 0 Å². The fourth-order valence-electron chi connectivity index (χ4n) is 6.85. The maximum Gasteiger partial charge on any atom is 0.408 e. The van der Waals surface area contributed by atoms with Crippen LogP contribution in [0.4, 0.5) is 16.2 Å². The van der Waals surface area contributed by atoms with E-state index in [4.69, 9.17) is 19.2 Å². The molecule has 6 rings (SSSR count). The summed E-state index contributed by atoms with van der Waals surface area (Å²) in [6.07, 6.45) is 6.89. The number of nitrogens with one attached hydrogen (secondary N) is 3. The molecule has 3 amide bonds. The van der Waals surface area contributed by atoms with Gasteiger partial charge in [-0.05, 0) is 77.0 Å². The lowest BCUT2D eigenvalue weighted by Gasteiger charge is -2.30. The van der Waals surface area contributed by atoms with Crippen molar-refractivity contribution in [2.24, 2.45) is 10.9 Å². The number of hydrogen-bond donors (Lipinski definition) is 3. The lowest BCUT2D eigenvalue weighted by Crippen LogP contribution is -2.56. The molecule has 50 heavy (non-hydrogen) atoms. The summed E-state index contributed by atoms with van der Waals surface area (Å²) >= 11 is 1.57. The van der Waals surface area contributed by atoms with Crippen LogP contribution < -0.4 is 16.0 Å². The number of fused-ring (bicyclic) bond motifs is 3. The topological polar surface area (TPSA) is 148 Å². The fraction of sp³-hybridized carbons (Fsp3) is 0.541. The molecule has 3 N–H and O–H groups in total. The monoisotopic (exact) mass is 705 g/mol. The minimum Gasteiger partial charge on any atom is -0.474 e. The molecule has 4 heterocycles. The van der Waals surface area contributed by atoms with Gasteiger partial charge in [0.25, 0.3) is 0 Å². The molecule has 0 spiro atoms. The van der Waals surface area contributed by atoms with E-state index >= 15 is 0 Å². The molecule has 1 aliphatic carbocycles. The highest BCUT2D eigenvalue weighted by molar-refractivity contribution is 7.10. The number of hydrogen-bond acceptors (Lipinski definition) is 10. The SMILES string of the molecule is CCOC(=O)[C@@]12C[C@H]1C=CCCCCC[C@H](NC(=O)OC(C)(C)C)C(=O)N1CC(OC3=Nc4ccccc4NC3c3cccs3)C[C@H]1C(=O)N2. The van der Waals surface area contributed by atoms with E-state index in [0.717, 1.165) is 35.5 Å². The molecule has 2 unspecified atom stereocenters. The van der Waals surface area contributed by atoms with Crippen LogP contribution in [-0.2, 0) is 28.6 Å². The second-order valence-electron chi connectivity index (χ2n) is 14.3. The minimum absolute atomic E-state index is 0.0803. The van der Waals surface area contributed by atoms with Crippen molar-refractivity contribution < 1.29 is 33.4 Å². The van der Waals surface area contributed by atoms with Gasteiger partial charge in [0.2, 0.25) is 17.7 Å². The van der Waals surface area contributed by atoms with E-state index in [-0.39, 0.29) is 31.5 Å². The van der Waals surface area contributed by atoms with Gasteiger partial charge in [-0.25, -0.2) is 14.6 Å². The van der Waals surface area contributed by atoms with Gasteiger partial charge in [0, 0.05) is 17.2 Å². The van der Waals surface area contributed by atoms with Crippen LogP contribution in [0, 0.1) is 5.92 Å². The van der Waals surface area contributed by atoms with Crippen LogP contribution in [0.15, 0.2) is 58.9 Å². The number of nitrogens with zero attached hydrogens (tertiary/aromatic N) is 2. The van der Waals surface area contributed by atoms with Crippen molar-refractivity contribution in [1.82, 2.24) is 15.5 Å². The molecule has 2 aromatic rings. The molecule has 13 heteroatoms. The number of alkyl carbamates (subject to hydrolysis) is 1. The number of carbonyl (C=O) groups is 4. The Bertz CT molecular complexity index is 1640. The van der Waals surface area contributed by atoms with E-state index in [1.165, 1.54) is 4.90 Å². The molecule has 1 saturated carbocycles. The van der Waals surface area contributed by atoms with Crippen LogP contribution in [0.25, 0.3) is 0 Å². The van der Waals surface area contributed by atoms with Crippen LogP contribution in [0.1, 0.15) is 83.6 Å². The summed E-state index contributed by atoms with van der Waals surface area (Å²) in [5.41, 5.74) is -0.358. The van der Waals surface area contributed by atoms with Gasteiger partial charge in [-0.2, -0.15) is 0 Å². The summed E-state index contributed by atoms with van der Waals surface area (Å²) in [4.78, 5) is 62.3. The summed E-state index contributed by atoms with van der Waals surface area (Å²) < 4.78 is 17.6. The zero-order valence-electron chi connectivity index (χ0n) is 29.1. The van der Waals surface area contributed by atoms with E-state index in [2.05, 4.69) is 16.0 Å². The van der Waals surface area contributed by atoms with Crippen molar-refractivity contribution in [3.05, 3.63) is 58.8 Å². The van der Waals surface area contributed by atoms with Gasteiger partial charge in [0.15, 0.2) is 0 Å². The number of carbonyl (C=O) groups excluding carboxylic acids is 4. The summed E-state index contributed by atoms with van der Waals surface area (Å²) in [6.45, 7) is 7.28. The van der Waals surface area contributed by atoms with E-state index in [0.29, 0.717) is 25.2 Å². The zero-order chi connectivity index (χ0) is 35.5. The number of thiophene rings is 1. The van der Waals surface area contributed by atoms with E-state index < -0.39 is 53.2 Å². The van der Waals surface area contributed by atoms with Gasteiger partial charge in [-0.15, -0.1) is 11.3 Å². The van der Waals surface area contributed by atoms with Crippen LogP contribution in [-0.4, -0.2) is 77.2 Å². The number of ether oxygens (including phenoxy) is 3. The molecular weight excluding hydrogens is 659 g/mol. The molecule has 4 aliphatic rings. The molecule has 0 radical (unpaired) electrons. The molecule has 6 atom stereocenters. The fourth-order valence-corrected chi connectivity index (χ4v) is 7.62. The summed E-state index contributed by atoms with van der Waals surface area (Å²) in [6, 6.07) is 9.42. The van der Waals surface area contributed by atoms with Gasteiger partial charge >= 0.3 is 12.1 Å². The molecule has 2 fully saturated rings. The van der Waals surface area contributed by atoms with Crippen LogP contribution in [0.3, 0.4) is 0 Å². The lowest BCUT2D eigenvalue weighted by molar-refractivity contribution is -0.150. The van der Waals surface area contributed by atoms with Gasteiger partial charge < -0.3 is 35.1 Å².